The van der Waals surface area contributed by atoms with Gasteiger partial charge in [0.25, 0.3) is 0 Å². The zero-order chi connectivity index (χ0) is 16.2. The lowest BCUT2D eigenvalue weighted by molar-refractivity contribution is 0.137. The molecule has 0 amide bonds. The molecule has 1 aliphatic carbocycles. The van der Waals surface area contributed by atoms with Crippen molar-refractivity contribution in [3.63, 3.8) is 0 Å². The molecule has 5 nitrogen and oxygen atoms in total. The summed E-state index contributed by atoms with van der Waals surface area (Å²) in [5.41, 5.74) is 0.790. The molecule has 1 spiro atoms. The normalized spacial score (nSPS) is 30.5. The number of guanidine groups is 1. The maximum atomic E-state index is 5.64. The average molecular weight is 323 g/mol. The molecule has 132 valence electrons. The van der Waals surface area contributed by atoms with Gasteiger partial charge in [0.15, 0.2) is 5.96 Å². The molecule has 0 bridgehead atoms. The highest BCUT2D eigenvalue weighted by Crippen LogP contribution is 2.41. The van der Waals surface area contributed by atoms with Crippen molar-refractivity contribution in [3.05, 3.63) is 0 Å². The van der Waals surface area contributed by atoms with E-state index in [1.807, 2.05) is 14.2 Å². The van der Waals surface area contributed by atoms with Gasteiger partial charge >= 0.3 is 0 Å². The first kappa shape index (κ1) is 17.0. The highest BCUT2D eigenvalue weighted by molar-refractivity contribution is 5.80. The van der Waals surface area contributed by atoms with E-state index in [0.29, 0.717) is 10.8 Å². The van der Waals surface area contributed by atoms with Gasteiger partial charge in [-0.1, -0.05) is 12.8 Å². The van der Waals surface area contributed by atoms with Crippen LogP contribution in [0.1, 0.15) is 44.9 Å². The summed E-state index contributed by atoms with van der Waals surface area (Å²) in [6.45, 7) is 5.96. The van der Waals surface area contributed by atoms with Crippen LogP contribution >= 0.6 is 0 Å². The summed E-state index contributed by atoms with van der Waals surface area (Å²) in [4.78, 5) is 6.99. The molecule has 2 saturated heterocycles. The lowest BCUT2D eigenvalue weighted by Crippen LogP contribution is -2.45. The lowest BCUT2D eigenvalue weighted by atomic mass is 9.83. The first-order valence-electron chi connectivity index (χ1n) is 9.23. The molecule has 5 heteroatoms. The summed E-state index contributed by atoms with van der Waals surface area (Å²) in [7, 11) is 3.72. The summed E-state index contributed by atoms with van der Waals surface area (Å²) in [5, 5.41) is 3.69. The summed E-state index contributed by atoms with van der Waals surface area (Å²) in [6.07, 6.45) is 8.95. The van der Waals surface area contributed by atoms with E-state index in [-0.39, 0.29) is 0 Å². The van der Waals surface area contributed by atoms with Crippen LogP contribution in [0.15, 0.2) is 4.99 Å². The second kappa shape index (κ2) is 7.39. The van der Waals surface area contributed by atoms with Crippen molar-refractivity contribution >= 4 is 5.96 Å². The Morgan fingerprint density at radius 3 is 2.74 bits per heavy atom. The predicted octanol–water partition coefficient (Wildman–Crippen LogP) is 2.27. The minimum Gasteiger partial charge on any atom is -0.385 e. The fourth-order valence-corrected chi connectivity index (χ4v) is 4.64. The first-order valence-corrected chi connectivity index (χ1v) is 9.23. The number of methoxy groups -OCH3 is 1. The van der Waals surface area contributed by atoms with Crippen LogP contribution < -0.4 is 5.32 Å². The number of aliphatic imine (C=N–C) groups is 1. The number of nitrogens with one attached hydrogen (secondary N) is 1. The summed E-state index contributed by atoms with van der Waals surface area (Å²) in [6, 6.07) is 0. The molecule has 0 radical (unpaired) electrons. The molecule has 3 rings (SSSR count). The number of nitrogens with zero attached hydrogens (tertiary/aromatic N) is 2. The molecular weight excluding hydrogens is 290 g/mol. The van der Waals surface area contributed by atoms with Crippen molar-refractivity contribution in [2.75, 3.05) is 53.6 Å². The zero-order valence-corrected chi connectivity index (χ0v) is 14.9. The van der Waals surface area contributed by atoms with E-state index >= 15 is 0 Å². The molecule has 3 aliphatic rings. The third kappa shape index (κ3) is 3.82. The van der Waals surface area contributed by atoms with E-state index in [9.17, 15) is 0 Å². The van der Waals surface area contributed by atoms with Crippen molar-refractivity contribution in [2.45, 2.75) is 44.9 Å². The van der Waals surface area contributed by atoms with Crippen LogP contribution in [0.5, 0.6) is 0 Å². The molecule has 0 aromatic rings. The second-order valence-corrected chi connectivity index (χ2v) is 7.82. The Bertz CT molecular complexity index is 412. The van der Waals surface area contributed by atoms with E-state index < -0.39 is 0 Å². The maximum Gasteiger partial charge on any atom is 0.193 e. The SMILES string of the molecule is CN=C(NCC1(CCOC)CCCC1)N1CCC2(CCOC2)C1. The van der Waals surface area contributed by atoms with E-state index in [1.165, 1.54) is 38.5 Å². The van der Waals surface area contributed by atoms with E-state index in [2.05, 4.69) is 15.2 Å². The Balaban J connectivity index is 1.55. The molecular formula is C18H33N3O2. The predicted molar refractivity (Wildman–Crippen MR) is 92.8 cm³/mol. The van der Waals surface area contributed by atoms with Crippen LogP contribution in [-0.4, -0.2) is 64.5 Å². The van der Waals surface area contributed by atoms with Crippen molar-refractivity contribution in [2.24, 2.45) is 15.8 Å². The van der Waals surface area contributed by atoms with Crippen LogP contribution in [0.2, 0.25) is 0 Å². The van der Waals surface area contributed by atoms with Gasteiger partial charge in [-0.15, -0.1) is 0 Å². The quantitative estimate of drug-likeness (QED) is 0.623. The van der Waals surface area contributed by atoms with Gasteiger partial charge in [0.05, 0.1) is 6.61 Å². The van der Waals surface area contributed by atoms with Gasteiger partial charge in [0.1, 0.15) is 0 Å². The topological polar surface area (TPSA) is 46.1 Å². The molecule has 2 heterocycles. The molecule has 1 atom stereocenters. The van der Waals surface area contributed by atoms with Crippen molar-refractivity contribution in [3.8, 4) is 0 Å². The van der Waals surface area contributed by atoms with Crippen LogP contribution in [0.3, 0.4) is 0 Å². The number of rotatable bonds is 5. The first-order chi connectivity index (χ1) is 11.2. The van der Waals surface area contributed by atoms with Crippen molar-refractivity contribution < 1.29 is 9.47 Å². The third-order valence-electron chi connectivity index (χ3n) is 6.26. The smallest absolute Gasteiger partial charge is 0.193 e. The molecule has 23 heavy (non-hydrogen) atoms. The minimum absolute atomic E-state index is 0.388. The Labute approximate surface area is 140 Å². The molecule has 1 N–H and O–H groups in total. The number of likely N-dealkylation sites (tertiary alicyclic amines) is 1. The number of hydrogen-bond acceptors (Lipinski definition) is 3. The fourth-order valence-electron chi connectivity index (χ4n) is 4.64. The van der Waals surface area contributed by atoms with Gasteiger partial charge in [0.2, 0.25) is 0 Å². The monoisotopic (exact) mass is 323 g/mol. The summed E-state index contributed by atoms with van der Waals surface area (Å²) >= 11 is 0. The van der Waals surface area contributed by atoms with Crippen molar-refractivity contribution in [1.82, 2.24) is 10.2 Å². The van der Waals surface area contributed by atoms with E-state index in [4.69, 9.17) is 9.47 Å². The summed E-state index contributed by atoms with van der Waals surface area (Å²) < 4.78 is 11.0. The van der Waals surface area contributed by atoms with Gasteiger partial charge in [-0.3, -0.25) is 4.99 Å². The Morgan fingerprint density at radius 2 is 2.09 bits per heavy atom. The second-order valence-electron chi connectivity index (χ2n) is 7.82. The zero-order valence-electron chi connectivity index (χ0n) is 14.9. The van der Waals surface area contributed by atoms with Crippen molar-refractivity contribution in [1.29, 1.82) is 0 Å². The molecule has 0 aromatic carbocycles. The minimum atomic E-state index is 0.388. The maximum absolute atomic E-state index is 5.64. The Kier molecular flexibility index (Phi) is 5.47. The lowest BCUT2D eigenvalue weighted by Gasteiger charge is -2.32. The highest BCUT2D eigenvalue weighted by Gasteiger charge is 2.42. The largest absolute Gasteiger partial charge is 0.385 e. The molecule has 1 unspecified atom stereocenters. The van der Waals surface area contributed by atoms with Crippen LogP contribution in [0, 0.1) is 10.8 Å². The van der Waals surface area contributed by atoms with E-state index in [0.717, 1.165) is 51.8 Å². The summed E-state index contributed by atoms with van der Waals surface area (Å²) in [5.74, 6) is 1.08. The standard InChI is InChI=1S/C18H33N3O2/c1-19-16(21-10-7-18(14-21)9-12-23-15-18)20-13-17(8-11-22-2)5-3-4-6-17/h3-15H2,1-2H3,(H,19,20). The van der Waals surface area contributed by atoms with Gasteiger partial charge < -0.3 is 19.7 Å². The van der Waals surface area contributed by atoms with Gasteiger partial charge in [-0.05, 0) is 37.5 Å². The molecule has 1 saturated carbocycles. The molecule has 0 aromatic heterocycles. The van der Waals surface area contributed by atoms with Crippen LogP contribution in [-0.2, 0) is 9.47 Å². The fraction of sp³-hybridized carbons (Fsp3) is 0.944. The van der Waals surface area contributed by atoms with Gasteiger partial charge in [-0.2, -0.15) is 0 Å². The van der Waals surface area contributed by atoms with Gasteiger partial charge in [-0.25, -0.2) is 0 Å². The van der Waals surface area contributed by atoms with Crippen LogP contribution in [0.4, 0.5) is 0 Å². The Morgan fingerprint density at radius 1 is 1.26 bits per heavy atom. The number of ether oxygens (including phenoxy) is 2. The van der Waals surface area contributed by atoms with Crippen LogP contribution in [0.25, 0.3) is 0 Å². The Hall–Kier alpha value is -0.810. The highest BCUT2D eigenvalue weighted by atomic mass is 16.5. The van der Waals surface area contributed by atoms with Gasteiger partial charge in [0, 0.05) is 52.4 Å². The number of hydrogen-bond donors (Lipinski definition) is 1. The third-order valence-corrected chi connectivity index (χ3v) is 6.26. The molecule has 2 aliphatic heterocycles. The molecule has 3 fully saturated rings. The average Bonchev–Trinajstić information content (AvgIpc) is 3.30. The van der Waals surface area contributed by atoms with E-state index in [1.54, 1.807) is 0 Å².